The molecule has 0 bridgehead atoms. The molecule has 0 radical (unpaired) electrons. The summed E-state index contributed by atoms with van der Waals surface area (Å²) in [5.74, 6) is 1.01. The summed E-state index contributed by atoms with van der Waals surface area (Å²) >= 11 is 0. The van der Waals surface area contributed by atoms with Gasteiger partial charge in [0.15, 0.2) is 0 Å². The van der Waals surface area contributed by atoms with Crippen LogP contribution in [-0.2, 0) is 0 Å². The van der Waals surface area contributed by atoms with Gasteiger partial charge in [-0.1, -0.05) is 34.1 Å². The van der Waals surface area contributed by atoms with Crippen LogP contribution in [0, 0.1) is 5.92 Å². The molecule has 3 unspecified atom stereocenters. The molecule has 0 aromatic rings. The van der Waals surface area contributed by atoms with Crippen molar-refractivity contribution < 1.29 is 0 Å². The van der Waals surface area contributed by atoms with E-state index in [0.717, 1.165) is 18.0 Å². The Bertz CT molecular complexity index is 260. The number of nitrogens with one attached hydrogen (secondary N) is 1. The summed E-state index contributed by atoms with van der Waals surface area (Å²) < 4.78 is 0. The summed E-state index contributed by atoms with van der Waals surface area (Å²) in [7, 11) is 0. The van der Waals surface area contributed by atoms with Crippen LogP contribution in [0.5, 0.6) is 0 Å². The molecule has 3 atom stereocenters. The summed E-state index contributed by atoms with van der Waals surface area (Å²) in [6.07, 6.45) is 8.09. The second-order valence-corrected chi connectivity index (χ2v) is 6.45. The Labute approximate surface area is 114 Å². The molecule has 1 aliphatic carbocycles. The summed E-state index contributed by atoms with van der Waals surface area (Å²) in [5, 5.41) is 3.85. The van der Waals surface area contributed by atoms with Gasteiger partial charge in [-0.25, -0.2) is 0 Å². The molecule has 1 heterocycles. The lowest BCUT2D eigenvalue weighted by Crippen LogP contribution is -2.64. The third-order valence-electron chi connectivity index (χ3n) is 5.46. The van der Waals surface area contributed by atoms with Gasteiger partial charge in [0.25, 0.3) is 0 Å². The first kappa shape index (κ1) is 14.3. The monoisotopic (exact) mass is 252 g/mol. The Morgan fingerprint density at radius 2 is 1.89 bits per heavy atom. The van der Waals surface area contributed by atoms with Crippen molar-refractivity contribution in [1.29, 1.82) is 0 Å². The van der Waals surface area contributed by atoms with Crippen molar-refractivity contribution in [3.8, 4) is 0 Å². The van der Waals surface area contributed by atoms with Crippen molar-refractivity contribution in [3.63, 3.8) is 0 Å². The second-order valence-electron chi connectivity index (χ2n) is 6.45. The molecule has 0 aromatic carbocycles. The van der Waals surface area contributed by atoms with E-state index in [1.807, 2.05) is 0 Å². The Hall–Kier alpha value is -0.0800. The molecule has 1 saturated heterocycles. The minimum absolute atomic E-state index is 0.394. The second kappa shape index (κ2) is 5.92. The van der Waals surface area contributed by atoms with Crippen LogP contribution in [0.1, 0.15) is 66.2 Å². The minimum atomic E-state index is 0.394. The topological polar surface area (TPSA) is 15.3 Å². The average molecular weight is 252 g/mol. The molecule has 1 aliphatic heterocycles. The Kier molecular flexibility index (Phi) is 4.71. The van der Waals surface area contributed by atoms with Crippen molar-refractivity contribution >= 4 is 0 Å². The Balaban J connectivity index is 2.00. The molecule has 0 spiro atoms. The highest BCUT2D eigenvalue weighted by Gasteiger charge is 2.47. The molecular weight excluding hydrogens is 220 g/mol. The van der Waals surface area contributed by atoms with Gasteiger partial charge in [-0.05, 0) is 38.0 Å². The van der Waals surface area contributed by atoms with Gasteiger partial charge in [-0.2, -0.15) is 0 Å². The molecule has 1 N–H and O–H groups in total. The highest BCUT2D eigenvalue weighted by atomic mass is 15.3. The van der Waals surface area contributed by atoms with E-state index in [0.29, 0.717) is 5.54 Å². The average Bonchev–Trinajstić information content (AvgIpc) is 3.17. The molecular formula is C16H32N2. The zero-order valence-electron chi connectivity index (χ0n) is 12.8. The van der Waals surface area contributed by atoms with Crippen LogP contribution in [0.3, 0.4) is 0 Å². The maximum Gasteiger partial charge on any atom is 0.0304 e. The maximum absolute atomic E-state index is 3.85. The summed E-state index contributed by atoms with van der Waals surface area (Å²) in [4.78, 5) is 2.86. The van der Waals surface area contributed by atoms with E-state index in [9.17, 15) is 0 Å². The molecule has 0 aromatic heterocycles. The molecule has 2 rings (SSSR count). The summed E-state index contributed by atoms with van der Waals surface area (Å²) in [6.45, 7) is 11.8. The fourth-order valence-corrected chi connectivity index (χ4v) is 3.80. The van der Waals surface area contributed by atoms with E-state index in [-0.39, 0.29) is 0 Å². The number of hydrogen-bond acceptors (Lipinski definition) is 2. The lowest BCUT2D eigenvalue weighted by molar-refractivity contribution is 0.0592. The minimum Gasteiger partial charge on any atom is -0.308 e. The molecule has 2 heteroatoms. The van der Waals surface area contributed by atoms with Crippen LogP contribution < -0.4 is 5.32 Å². The van der Waals surface area contributed by atoms with Gasteiger partial charge in [-0.15, -0.1) is 0 Å². The molecule has 2 fully saturated rings. The number of hydrogen-bond donors (Lipinski definition) is 1. The van der Waals surface area contributed by atoms with E-state index in [4.69, 9.17) is 0 Å². The molecule has 106 valence electrons. The van der Waals surface area contributed by atoms with Gasteiger partial charge in [0.05, 0.1) is 0 Å². The van der Waals surface area contributed by atoms with Crippen molar-refractivity contribution in [1.82, 2.24) is 10.2 Å². The summed E-state index contributed by atoms with van der Waals surface area (Å²) in [6, 6.07) is 1.69. The Morgan fingerprint density at radius 3 is 2.44 bits per heavy atom. The van der Waals surface area contributed by atoms with Gasteiger partial charge < -0.3 is 5.32 Å². The normalized spacial score (nSPS) is 35.7. The first-order valence-corrected chi connectivity index (χ1v) is 8.20. The standard InChI is InChI=1S/C16H32N2/c1-5-9-13-10-15(13)18-12-16(7-3,8-4)17-11-14(18)6-2/h13-15,17H,5-12H2,1-4H3. The molecule has 1 saturated carbocycles. The van der Waals surface area contributed by atoms with Crippen LogP contribution in [0.4, 0.5) is 0 Å². The van der Waals surface area contributed by atoms with Crippen molar-refractivity contribution in [3.05, 3.63) is 0 Å². The van der Waals surface area contributed by atoms with Gasteiger partial charge in [0, 0.05) is 30.7 Å². The number of rotatable bonds is 6. The van der Waals surface area contributed by atoms with Gasteiger partial charge in [-0.3, -0.25) is 4.90 Å². The SMILES string of the molecule is CCCC1CC1N1CC(CC)(CC)NCC1CC. The van der Waals surface area contributed by atoms with Crippen LogP contribution in [0.25, 0.3) is 0 Å². The van der Waals surface area contributed by atoms with Crippen molar-refractivity contribution in [2.75, 3.05) is 13.1 Å². The fourth-order valence-electron chi connectivity index (χ4n) is 3.80. The Morgan fingerprint density at radius 1 is 1.17 bits per heavy atom. The van der Waals surface area contributed by atoms with Crippen LogP contribution in [0.2, 0.25) is 0 Å². The third kappa shape index (κ3) is 2.75. The van der Waals surface area contributed by atoms with Gasteiger partial charge in [0.2, 0.25) is 0 Å². The van der Waals surface area contributed by atoms with Gasteiger partial charge >= 0.3 is 0 Å². The van der Waals surface area contributed by atoms with Crippen molar-refractivity contribution in [2.45, 2.75) is 83.8 Å². The lowest BCUT2D eigenvalue weighted by atomic mass is 9.88. The zero-order chi connectivity index (χ0) is 13.2. The molecule has 18 heavy (non-hydrogen) atoms. The van der Waals surface area contributed by atoms with Crippen LogP contribution >= 0.6 is 0 Å². The van der Waals surface area contributed by atoms with Crippen molar-refractivity contribution in [2.24, 2.45) is 5.92 Å². The fraction of sp³-hybridized carbons (Fsp3) is 1.00. The number of nitrogens with zero attached hydrogens (tertiary/aromatic N) is 1. The highest BCUT2D eigenvalue weighted by Crippen LogP contribution is 2.42. The predicted octanol–water partition coefficient (Wildman–Crippen LogP) is 3.42. The molecule has 2 nitrogen and oxygen atoms in total. The predicted molar refractivity (Wildman–Crippen MR) is 78.9 cm³/mol. The first-order valence-electron chi connectivity index (χ1n) is 8.20. The molecule has 0 amide bonds. The van der Waals surface area contributed by atoms with E-state index in [1.165, 1.54) is 51.6 Å². The van der Waals surface area contributed by atoms with Crippen LogP contribution in [0.15, 0.2) is 0 Å². The summed E-state index contributed by atoms with van der Waals surface area (Å²) in [5.41, 5.74) is 0.394. The van der Waals surface area contributed by atoms with Crippen LogP contribution in [-0.4, -0.2) is 35.6 Å². The van der Waals surface area contributed by atoms with Gasteiger partial charge in [0.1, 0.15) is 0 Å². The quantitative estimate of drug-likeness (QED) is 0.779. The first-order chi connectivity index (χ1) is 8.69. The third-order valence-corrected chi connectivity index (χ3v) is 5.46. The van der Waals surface area contributed by atoms with E-state index < -0.39 is 0 Å². The van der Waals surface area contributed by atoms with E-state index in [1.54, 1.807) is 0 Å². The number of piperazine rings is 1. The highest BCUT2D eigenvalue weighted by molar-refractivity contribution is 5.04. The largest absolute Gasteiger partial charge is 0.308 e. The molecule has 2 aliphatic rings. The van der Waals surface area contributed by atoms with E-state index >= 15 is 0 Å². The maximum atomic E-state index is 3.85. The smallest absolute Gasteiger partial charge is 0.0304 e. The zero-order valence-corrected chi connectivity index (χ0v) is 12.8. The van der Waals surface area contributed by atoms with E-state index in [2.05, 4.69) is 37.9 Å². The lowest BCUT2D eigenvalue weighted by Gasteiger charge is -2.48.